The van der Waals surface area contributed by atoms with E-state index in [9.17, 15) is 4.39 Å². The van der Waals surface area contributed by atoms with Crippen LogP contribution in [-0.2, 0) is 0 Å². The van der Waals surface area contributed by atoms with E-state index in [0.29, 0.717) is 0 Å². The van der Waals surface area contributed by atoms with Crippen LogP contribution in [0.5, 0.6) is 0 Å². The van der Waals surface area contributed by atoms with Gasteiger partial charge < -0.3 is 4.90 Å². The summed E-state index contributed by atoms with van der Waals surface area (Å²) >= 11 is 0. The van der Waals surface area contributed by atoms with Crippen LogP contribution in [0.3, 0.4) is 0 Å². The zero-order valence-electron chi connectivity index (χ0n) is 10.2. The van der Waals surface area contributed by atoms with Crippen molar-refractivity contribution in [1.82, 2.24) is 15.2 Å². The van der Waals surface area contributed by atoms with Crippen molar-refractivity contribution < 1.29 is 4.39 Å². The van der Waals surface area contributed by atoms with Gasteiger partial charge in [0.05, 0.1) is 18.4 Å². The molecule has 0 unspecified atom stereocenters. The molecule has 2 aromatic rings. The Morgan fingerprint density at radius 2 is 2.39 bits per heavy atom. The van der Waals surface area contributed by atoms with E-state index in [2.05, 4.69) is 20.1 Å². The minimum atomic E-state index is -0.271. The molecule has 0 radical (unpaired) electrons. The van der Waals surface area contributed by atoms with Crippen LogP contribution in [0.15, 0.2) is 24.5 Å². The van der Waals surface area contributed by atoms with Gasteiger partial charge in [-0.3, -0.25) is 10.1 Å². The van der Waals surface area contributed by atoms with Crippen molar-refractivity contribution in [3.05, 3.63) is 41.6 Å². The highest BCUT2D eigenvalue weighted by Crippen LogP contribution is 2.36. The number of anilines is 1. The Balaban J connectivity index is 1.97. The van der Waals surface area contributed by atoms with Gasteiger partial charge in [0.1, 0.15) is 11.6 Å². The van der Waals surface area contributed by atoms with Crippen LogP contribution < -0.4 is 4.90 Å². The van der Waals surface area contributed by atoms with E-state index in [1.807, 2.05) is 13.0 Å². The van der Waals surface area contributed by atoms with E-state index in [1.165, 1.54) is 6.20 Å². The highest BCUT2D eigenvalue weighted by atomic mass is 19.1. The molecule has 3 heterocycles. The van der Waals surface area contributed by atoms with E-state index < -0.39 is 0 Å². The second-order valence-electron chi connectivity index (χ2n) is 4.62. The maximum absolute atomic E-state index is 13.4. The van der Waals surface area contributed by atoms with Crippen LogP contribution in [0.1, 0.15) is 30.1 Å². The summed E-state index contributed by atoms with van der Waals surface area (Å²) in [6.45, 7) is 2.89. The number of nitrogens with one attached hydrogen (secondary N) is 1. The summed E-state index contributed by atoms with van der Waals surface area (Å²) < 4.78 is 13.4. The van der Waals surface area contributed by atoms with E-state index in [4.69, 9.17) is 0 Å². The fourth-order valence-electron chi connectivity index (χ4n) is 2.65. The van der Waals surface area contributed by atoms with E-state index >= 15 is 0 Å². The molecular weight excluding hydrogens is 231 g/mol. The van der Waals surface area contributed by atoms with Crippen LogP contribution in [0.4, 0.5) is 10.2 Å². The zero-order valence-corrected chi connectivity index (χ0v) is 10.2. The molecule has 0 saturated carbocycles. The molecule has 1 fully saturated rings. The summed E-state index contributed by atoms with van der Waals surface area (Å²) in [5.74, 6) is 0.716. The van der Waals surface area contributed by atoms with Gasteiger partial charge in [0, 0.05) is 18.3 Å². The summed E-state index contributed by atoms with van der Waals surface area (Å²) in [7, 11) is 0. The molecule has 18 heavy (non-hydrogen) atoms. The molecule has 1 aliphatic rings. The molecule has 1 saturated heterocycles. The number of aryl methyl sites for hydroxylation is 1. The lowest BCUT2D eigenvalue weighted by atomic mass is 10.0. The van der Waals surface area contributed by atoms with Crippen molar-refractivity contribution in [2.45, 2.75) is 25.8 Å². The Bertz CT molecular complexity index is 538. The number of H-pyrrole nitrogens is 1. The van der Waals surface area contributed by atoms with Gasteiger partial charge in [0.15, 0.2) is 0 Å². The first-order valence-corrected chi connectivity index (χ1v) is 6.14. The number of hydrogen-bond acceptors (Lipinski definition) is 3. The highest BCUT2D eigenvalue weighted by Gasteiger charge is 2.28. The molecule has 3 rings (SSSR count). The van der Waals surface area contributed by atoms with Gasteiger partial charge in [-0.05, 0) is 31.4 Å². The molecule has 0 spiro atoms. The standard InChI is InChI=1S/C13H15FN4/c1-9-11(7-10(14)8-15-9)12-3-2-6-18(12)13-4-5-16-17-13/h4-5,7-8,12H,2-3,6H2,1H3,(H,16,17)/t12-/m1/s1. The minimum Gasteiger partial charge on any atom is -0.350 e. The topological polar surface area (TPSA) is 44.8 Å². The van der Waals surface area contributed by atoms with Crippen molar-refractivity contribution in [3.63, 3.8) is 0 Å². The van der Waals surface area contributed by atoms with Crippen molar-refractivity contribution in [3.8, 4) is 0 Å². The van der Waals surface area contributed by atoms with Crippen LogP contribution in [0, 0.1) is 12.7 Å². The largest absolute Gasteiger partial charge is 0.350 e. The quantitative estimate of drug-likeness (QED) is 0.885. The summed E-state index contributed by atoms with van der Waals surface area (Å²) in [5, 5.41) is 6.95. The average molecular weight is 246 g/mol. The maximum Gasteiger partial charge on any atom is 0.141 e. The third kappa shape index (κ3) is 1.85. The van der Waals surface area contributed by atoms with Crippen LogP contribution in [0.2, 0.25) is 0 Å². The highest BCUT2D eigenvalue weighted by molar-refractivity contribution is 5.43. The lowest BCUT2D eigenvalue weighted by Crippen LogP contribution is -2.23. The van der Waals surface area contributed by atoms with Crippen LogP contribution in [0.25, 0.3) is 0 Å². The molecule has 4 nitrogen and oxygen atoms in total. The predicted octanol–water partition coefficient (Wildman–Crippen LogP) is 2.59. The fourth-order valence-corrected chi connectivity index (χ4v) is 2.65. The number of pyridine rings is 1. The average Bonchev–Trinajstić information content (AvgIpc) is 3.00. The number of aromatic nitrogens is 3. The number of aromatic amines is 1. The normalized spacial score (nSPS) is 19.4. The third-order valence-electron chi connectivity index (χ3n) is 3.50. The molecule has 1 aliphatic heterocycles. The van der Waals surface area contributed by atoms with E-state index in [1.54, 1.807) is 12.3 Å². The van der Waals surface area contributed by atoms with Gasteiger partial charge in [0.25, 0.3) is 0 Å². The minimum absolute atomic E-state index is 0.189. The molecule has 1 N–H and O–H groups in total. The van der Waals surface area contributed by atoms with E-state index in [0.717, 1.165) is 36.5 Å². The molecule has 94 valence electrons. The third-order valence-corrected chi connectivity index (χ3v) is 3.50. The monoisotopic (exact) mass is 246 g/mol. The number of halogens is 1. The lowest BCUT2D eigenvalue weighted by molar-refractivity contribution is 0.607. The Morgan fingerprint density at radius 3 is 3.17 bits per heavy atom. The summed E-state index contributed by atoms with van der Waals surface area (Å²) in [5.41, 5.74) is 1.87. The molecule has 0 amide bonds. The Hall–Kier alpha value is -1.91. The molecule has 0 bridgehead atoms. The molecule has 2 aromatic heterocycles. The van der Waals surface area contributed by atoms with Gasteiger partial charge in [0.2, 0.25) is 0 Å². The predicted molar refractivity (Wildman–Crippen MR) is 66.8 cm³/mol. The molecule has 5 heteroatoms. The second kappa shape index (κ2) is 4.40. The maximum atomic E-state index is 13.4. The Morgan fingerprint density at radius 1 is 1.50 bits per heavy atom. The SMILES string of the molecule is Cc1ncc(F)cc1[C@H]1CCCN1c1ccn[nH]1. The van der Waals surface area contributed by atoms with Crippen LogP contribution in [-0.4, -0.2) is 21.7 Å². The molecule has 0 aliphatic carbocycles. The Labute approximate surface area is 105 Å². The zero-order chi connectivity index (χ0) is 12.5. The van der Waals surface area contributed by atoms with Gasteiger partial charge >= 0.3 is 0 Å². The Kier molecular flexibility index (Phi) is 2.74. The molecular formula is C13H15FN4. The smallest absolute Gasteiger partial charge is 0.141 e. The van der Waals surface area contributed by atoms with Crippen molar-refractivity contribution in [2.24, 2.45) is 0 Å². The molecule has 0 aromatic carbocycles. The number of hydrogen-bond donors (Lipinski definition) is 1. The number of nitrogens with zero attached hydrogens (tertiary/aromatic N) is 3. The summed E-state index contributed by atoms with van der Waals surface area (Å²) in [4.78, 5) is 6.34. The van der Waals surface area contributed by atoms with Crippen molar-refractivity contribution in [1.29, 1.82) is 0 Å². The first-order chi connectivity index (χ1) is 8.75. The first-order valence-electron chi connectivity index (χ1n) is 6.14. The summed E-state index contributed by atoms with van der Waals surface area (Å²) in [6, 6.07) is 3.73. The van der Waals surface area contributed by atoms with Gasteiger partial charge in [-0.15, -0.1) is 0 Å². The van der Waals surface area contributed by atoms with Gasteiger partial charge in [-0.1, -0.05) is 0 Å². The fraction of sp³-hybridized carbons (Fsp3) is 0.385. The van der Waals surface area contributed by atoms with Crippen molar-refractivity contribution >= 4 is 5.82 Å². The first kappa shape index (κ1) is 11.2. The van der Waals surface area contributed by atoms with Gasteiger partial charge in [-0.25, -0.2) is 4.39 Å². The van der Waals surface area contributed by atoms with E-state index in [-0.39, 0.29) is 11.9 Å². The molecule has 1 atom stereocenters. The second-order valence-corrected chi connectivity index (χ2v) is 4.62. The van der Waals surface area contributed by atoms with Crippen LogP contribution >= 0.6 is 0 Å². The summed E-state index contributed by atoms with van der Waals surface area (Å²) in [6.07, 6.45) is 5.13. The van der Waals surface area contributed by atoms with Gasteiger partial charge in [-0.2, -0.15) is 5.10 Å². The number of rotatable bonds is 2. The van der Waals surface area contributed by atoms with Crippen molar-refractivity contribution in [2.75, 3.05) is 11.4 Å². The lowest BCUT2D eigenvalue weighted by Gasteiger charge is -2.26.